The molecule has 5 aromatic carbocycles. The van der Waals surface area contributed by atoms with E-state index < -0.39 is 9.84 Å². The standard InChI is InChI=1S/C50H53N2O2S/c1-7-33-51-42-29-25-35-17-12-14-23-40(35)46(42)49(3,4)44(51)31-27-37-19-16-20-38(48(37)55(53,54)39-21-10-9-11-22-39)28-32-45-50(5,6)47-41-24-15-13-18-36(41)26-30-43(47)52(45)34-8-2/h9-15,17-18,21-32H,7-8,16,19-20,33-34H2,1-6H3/q+1. The van der Waals surface area contributed by atoms with E-state index >= 15 is 0 Å². The number of nitrogens with zero attached hydrogens (tertiary/aromatic N) is 2. The van der Waals surface area contributed by atoms with Crippen molar-refractivity contribution in [1.82, 2.24) is 0 Å². The highest BCUT2D eigenvalue weighted by atomic mass is 32.2. The van der Waals surface area contributed by atoms with Crippen molar-refractivity contribution >= 4 is 48.5 Å². The van der Waals surface area contributed by atoms with E-state index in [0.717, 1.165) is 43.5 Å². The Labute approximate surface area is 327 Å². The zero-order valence-electron chi connectivity index (χ0n) is 33.2. The first kappa shape index (κ1) is 36.9. The molecule has 0 atom stereocenters. The molecule has 0 radical (unpaired) electrons. The Bertz CT molecular complexity index is 2600. The van der Waals surface area contributed by atoms with E-state index in [-0.39, 0.29) is 10.8 Å². The minimum atomic E-state index is -3.83. The Morgan fingerprint density at radius 2 is 1.35 bits per heavy atom. The second kappa shape index (κ2) is 14.3. The predicted molar refractivity (Wildman–Crippen MR) is 231 cm³/mol. The molecule has 4 nitrogen and oxygen atoms in total. The Kier molecular flexibility index (Phi) is 9.58. The van der Waals surface area contributed by atoms with Gasteiger partial charge in [0, 0.05) is 47.5 Å². The van der Waals surface area contributed by atoms with E-state index in [1.54, 1.807) is 12.1 Å². The minimum Gasteiger partial charge on any atom is -0.344 e. The first-order chi connectivity index (χ1) is 26.5. The van der Waals surface area contributed by atoms with Crippen LogP contribution in [-0.2, 0) is 20.7 Å². The molecule has 1 aliphatic carbocycles. The maximum Gasteiger partial charge on any atom is 0.210 e. The summed E-state index contributed by atoms with van der Waals surface area (Å²) in [6.07, 6.45) is 13.0. The minimum absolute atomic E-state index is 0.269. The highest BCUT2D eigenvalue weighted by Gasteiger charge is 2.45. The average Bonchev–Trinajstić information content (AvgIpc) is 3.54. The van der Waals surface area contributed by atoms with Crippen LogP contribution in [0.25, 0.3) is 21.5 Å². The van der Waals surface area contributed by atoms with Crippen LogP contribution >= 0.6 is 0 Å². The van der Waals surface area contributed by atoms with E-state index in [1.165, 1.54) is 55.5 Å². The first-order valence-electron chi connectivity index (χ1n) is 20.1. The number of hydrogen-bond acceptors (Lipinski definition) is 3. The van der Waals surface area contributed by atoms with Crippen molar-refractivity contribution < 1.29 is 13.0 Å². The number of anilines is 1. The van der Waals surface area contributed by atoms with Gasteiger partial charge in [0.1, 0.15) is 6.54 Å². The molecule has 55 heavy (non-hydrogen) atoms. The highest BCUT2D eigenvalue weighted by molar-refractivity contribution is 7.95. The summed E-state index contributed by atoms with van der Waals surface area (Å²) in [5.41, 5.74) is 8.80. The Morgan fingerprint density at radius 1 is 0.691 bits per heavy atom. The Morgan fingerprint density at radius 3 is 2.04 bits per heavy atom. The lowest BCUT2D eigenvalue weighted by molar-refractivity contribution is -0.437. The fourth-order valence-electron chi connectivity index (χ4n) is 9.64. The zero-order valence-corrected chi connectivity index (χ0v) is 34.0. The van der Waals surface area contributed by atoms with Crippen LogP contribution in [0.4, 0.5) is 11.4 Å². The van der Waals surface area contributed by atoms with Gasteiger partial charge >= 0.3 is 0 Å². The van der Waals surface area contributed by atoms with Crippen molar-refractivity contribution in [2.75, 3.05) is 18.0 Å². The molecule has 0 spiro atoms. The summed E-state index contributed by atoms with van der Waals surface area (Å²) in [5.74, 6) is 0. The quantitative estimate of drug-likeness (QED) is 0.141. The van der Waals surface area contributed by atoms with E-state index in [4.69, 9.17) is 0 Å². The van der Waals surface area contributed by atoms with Gasteiger partial charge in [-0.25, -0.2) is 8.42 Å². The van der Waals surface area contributed by atoms with Crippen LogP contribution in [0.5, 0.6) is 0 Å². The summed E-state index contributed by atoms with van der Waals surface area (Å²) >= 11 is 0. The van der Waals surface area contributed by atoms with Crippen LogP contribution in [0.1, 0.15) is 84.8 Å². The maximum atomic E-state index is 14.9. The van der Waals surface area contributed by atoms with E-state index in [1.807, 2.05) is 18.2 Å². The fraction of sp³-hybridized carbons (Fsp3) is 0.300. The number of allylic oxidation sites excluding steroid dienone is 7. The van der Waals surface area contributed by atoms with Crippen LogP contribution in [0, 0.1) is 0 Å². The second-order valence-electron chi connectivity index (χ2n) is 16.4. The molecule has 5 aromatic rings. The number of sulfone groups is 1. The Balaban J connectivity index is 1.29. The van der Waals surface area contributed by atoms with Gasteiger partial charge in [0.15, 0.2) is 5.71 Å². The summed E-state index contributed by atoms with van der Waals surface area (Å²) in [6, 6.07) is 35.3. The van der Waals surface area contributed by atoms with Crippen LogP contribution in [0.3, 0.4) is 0 Å². The van der Waals surface area contributed by atoms with E-state index in [9.17, 15) is 8.42 Å². The monoisotopic (exact) mass is 745 g/mol. The van der Waals surface area contributed by atoms with Gasteiger partial charge in [0.2, 0.25) is 15.5 Å². The molecule has 3 aliphatic rings. The van der Waals surface area contributed by atoms with Crippen LogP contribution in [-0.4, -0.2) is 31.8 Å². The number of hydrogen-bond donors (Lipinski definition) is 0. The molecule has 0 fully saturated rings. The van der Waals surface area contributed by atoms with Crippen LogP contribution in [0.15, 0.2) is 154 Å². The van der Waals surface area contributed by atoms with Crippen molar-refractivity contribution in [3.63, 3.8) is 0 Å². The SMILES string of the molecule is CCCN1/C(=C/C=C2\CCCC(/C=C/C3=[N+](CCC)c4ccc5ccccc5c4C3(C)C)=C2S(=O)(=O)c2ccccc2)C(C)(C)c2c1ccc1ccccc21. The summed E-state index contributed by atoms with van der Waals surface area (Å²) in [4.78, 5) is 3.25. The Hall–Kier alpha value is -5.00. The molecular formula is C50H53N2O2S+. The molecule has 8 rings (SSSR count). The lowest BCUT2D eigenvalue weighted by Crippen LogP contribution is -2.28. The van der Waals surface area contributed by atoms with Gasteiger partial charge in [0.05, 0.1) is 15.2 Å². The highest BCUT2D eigenvalue weighted by Crippen LogP contribution is 2.51. The molecular weight excluding hydrogens is 693 g/mol. The summed E-state index contributed by atoms with van der Waals surface area (Å²) in [6.45, 7) is 15.5. The number of rotatable bonds is 9. The lowest BCUT2D eigenvalue weighted by Gasteiger charge is -2.27. The molecule has 0 saturated heterocycles. The van der Waals surface area contributed by atoms with Crippen molar-refractivity contribution in [3.8, 4) is 0 Å². The molecule has 0 aromatic heterocycles. The molecule has 5 heteroatoms. The fourth-order valence-corrected chi connectivity index (χ4v) is 11.4. The maximum absolute atomic E-state index is 14.9. The summed E-state index contributed by atoms with van der Waals surface area (Å²) < 4.78 is 32.2. The predicted octanol–water partition coefficient (Wildman–Crippen LogP) is 12.3. The van der Waals surface area contributed by atoms with Crippen LogP contribution in [0.2, 0.25) is 0 Å². The van der Waals surface area contributed by atoms with Gasteiger partial charge in [0.25, 0.3) is 0 Å². The van der Waals surface area contributed by atoms with Gasteiger partial charge in [-0.05, 0) is 108 Å². The van der Waals surface area contributed by atoms with E-state index in [2.05, 4.69) is 148 Å². The van der Waals surface area contributed by atoms with Crippen molar-refractivity contribution in [2.45, 2.75) is 89.4 Å². The molecule has 0 amide bonds. The topological polar surface area (TPSA) is 40.4 Å². The molecule has 2 aliphatic heterocycles. The zero-order chi connectivity index (χ0) is 38.5. The molecule has 0 bridgehead atoms. The van der Waals surface area contributed by atoms with Crippen molar-refractivity contribution in [1.29, 1.82) is 0 Å². The van der Waals surface area contributed by atoms with Crippen molar-refractivity contribution in [2.24, 2.45) is 0 Å². The lowest BCUT2D eigenvalue weighted by atomic mass is 9.78. The molecule has 2 heterocycles. The average molecular weight is 746 g/mol. The van der Waals surface area contributed by atoms with E-state index in [0.29, 0.717) is 22.6 Å². The molecule has 0 saturated carbocycles. The number of fused-ring (bicyclic) bond motifs is 6. The normalized spacial score (nSPS) is 19.4. The summed E-state index contributed by atoms with van der Waals surface area (Å²) in [5, 5.41) is 5.04. The summed E-state index contributed by atoms with van der Waals surface area (Å²) in [7, 11) is -3.83. The second-order valence-corrected chi connectivity index (χ2v) is 18.3. The third-order valence-electron chi connectivity index (χ3n) is 12.1. The van der Waals surface area contributed by atoms with Gasteiger partial charge in [-0.1, -0.05) is 113 Å². The van der Waals surface area contributed by atoms with Crippen LogP contribution < -0.4 is 4.90 Å². The van der Waals surface area contributed by atoms with Gasteiger partial charge in [-0.15, -0.1) is 0 Å². The third kappa shape index (κ3) is 6.12. The van der Waals surface area contributed by atoms with Gasteiger partial charge in [-0.3, -0.25) is 0 Å². The van der Waals surface area contributed by atoms with Crippen molar-refractivity contribution in [3.05, 3.63) is 160 Å². The number of benzene rings is 5. The van der Waals surface area contributed by atoms with Gasteiger partial charge in [-0.2, -0.15) is 4.58 Å². The van der Waals surface area contributed by atoms with Gasteiger partial charge < -0.3 is 4.90 Å². The first-order valence-corrected chi connectivity index (χ1v) is 21.6. The molecule has 0 N–H and O–H groups in total. The molecule has 280 valence electrons. The molecule has 0 unspecified atom stereocenters. The third-order valence-corrected chi connectivity index (χ3v) is 14.0. The smallest absolute Gasteiger partial charge is 0.210 e. The largest absolute Gasteiger partial charge is 0.344 e.